The van der Waals surface area contributed by atoms with Gasteiger partial charge in [0.05, 0.1) is 16.8 Å². The lowest BCUT2D eigenvalue weighted by atomic mass is 9.90. The van der Waals surface area contributed by atoms with Crippen LogP contribution in [0.5, 0.6) is 0 Å². The highest BCUT2D eigenvalue weighted by atomic mass is 35.5. The summed E-state index contributed by atoms with van der Waals surface area (Å²) in [4.78, 5) is 13.2. The first-order valence-corrected chi connectivity index (χ1v) is 12.0. The third-order valence-corrected chi connectivity index (χ3v) is 6.96. The summed E-state index contributed by atoms with van der Waals surface area (Å²) in [5.41, 5.74) is 2.26. The van der Waals surface area contributed by atoms with E-state index in [4.69, 9.17) is 39.9 Å². The van der Waals surface area contributed by atoms with E-state index in [1.165, 1.54) is 12.8 Å². The smallest absolute Gasteiger partial charge is 0.268 e. The number of hydrogen-bond acceptors (Lipinski definition) is 3. The molecular weight excluding hydrogens is 453 g/mol. The molecule has 2 aliphatic rings. The molecule has 1 heterocycles. The number of carbonyl (C=O) groups is 1. The molecule has 0 saturated heterocycles. The summed E-state index contributed by atoms with van der Waals surface area (Å²) < 4.78 is 0. The topological polar surface area (TPSA) is 44.7 Å². The maximum absolute atomic E-state index is 13.2. The number of nitrogens with zero attached hydrogens (tertiary/aromatic N) is 2. The van der Waals surface area contributed by atoms with Gasteiger partial charge in [0.25, 0.3) is 5.91 Å². The van der Waals surface area contributed by atoms with E-state index in [-0.39, 0.29) is 23.9 Å². The van der Waals surface area contributed by atoms with Gasteiger partial charge in [-0.2, -0.15) is 5.10 Å². The summed E-state index contributed by atoms with van der Waals surface area (Å²) in [5, 5.41) is 11.6. The average Bonchev–Trinajstić information content (AvgIpc) is 2.89. The maximum Gasteiger partial charge on any atom is 0.268 e. The van der Waals surface area contributed by atoms with Crippen LogP contribution in [0.15, 0.2) is 47.6 Å². The van der Waals surface area contributed by atoms with Crippen LogP contribution in [0.3, 0.4) is 0 Å². The van der Waals surface area contributed by atoms with Crippen molar-refractivity contribution in [1.82, 2.24) is 5.32 Å². The Morgan fingerprint density at radius 3 is 2.26 bits per heavy atom. The van der Waals surface area contributed by atoms with Crippen molar-refractivity contribution < 1.29 is 4.79 Å². The second kappa shape index (κ2) is 9.81. The number of nitrogens with one attached hydrogen (secondary N) is 1. The Morgan fingerprint density at radius 2 is 1.61 bits per heavy atom. The number of hydrazone groups is 1. The van der Waals surface area contributed by atoms with E-state index < -0.39 is 0 Å². The minimum absolute atomic E-state index is 0.0917. The first-order valence-electron chi connectivity index (χ1n) is 10.8. The molecule has 0 bridgehead atoms. The van der Waals surface area contributed by atoms with E-state index in [1.807, 2.05) is 42.3 Å². The number of amides is 1. The van der Waals surface area contributed by atoms with Gasteiger partial charge >= 0.3 is 0 Å². The minimum atomic E-state index is -0.175. The van der Waals surface area contributed by atoms with Gasteiger partial charge in [-0.05, 0) is 48.7 Å². The molecule has 164 valence electrons. The Bertz CT molecular complexity index is 969. The van der Waals surface area contributed by atoms with E-state index >= 15 is 0 Å². The van der Waals surface area contributed by atoms with Gasteiger partial charge in [0.15, 0.2) is 0 Å². The fraction of sp³-hybridized carbons (Fsp3) is 0.417. The van der Waals surface area contributed by atoms with Gasteiger partial charge < -0.3 is 5.32 Å². The predicted octanol–water partition coefficient (Wildman–Crippen LogP) is 7.04. The van der Waals surface area contributed by atoms with Crippen LogP contribution in [0.1, 0.15) is 57.1 Å². The molecule has 1 fully saturated rings. The van der Waals surface area contributed by atoms with Gasteiger partial charge in [0.2, 0.25) is 0 Å². The number of halogens is 3. The summed E-state index contributed by atoms with van der Waals surface area (Å²) in [5.74, 6) is -0.218. The molecule has 4 rings (SSSR count). The van der Waals surface area contributed by atoms with E-state index in [0.29, 0.717) is 20.8 Å². The lowest BCUT2D eigenvalue weighted by molar-refractivity contribution is -0.115. The Hall–Kier alpha value is -1.75. The van der Waals surface area contributed by atoms with E-state index in [9.17, 15) is 4.79 Å². The lowest BCUT2D eigenvalue weighted by Crippen LogP contribution is -2.40. The van der Waals surface area contributed by atoms with Gasteiger partial charge in [0, 0.05) is 22.0 Å². The largest absolute Gasteiger partial charge is 0.348 e. The Kier molecular flexibility index (Phi) is 7.10. The molecule has 0 spiro atoms. The van der Waals surface area contributed by atoms with Crippen molar-refractivity contribution in [2.75, 3.05) is 5.01 Å². The second-order valence-electron chi connectivity index (χ2n) is 8.37. The Morgan fingerprint density at radius 1 is 0.968 bits per heavy atom. The molecule has 2 atom stereocenters. The van der Waals surface area contributed by atoms with Gasteiger partial charge in [-0.15, -0.1) is 0 Å². The highest BCUT2D eigenvalue weighted by Crippen LogP contribution is 2.42. The Balaban J connectivity index is 1.66. The zero-order valence-electron chi connectivity index (χ0n) is 17.5. The van der Waals surface area contributed by atoms with Gasteiger partial charge in [-0.25, -0.2) is 0 Å². The van der Waals surface area contributed by atoms with E-state index in [1.54, 1.807) is 12.1 Å². The van der Waals surface area contributed by atoms with Crippen molar-refractivity contribution in [2.45, 2.75) is 57.5 Å². The molecule has 1 N–H and O–H groups in total. The predicted molar refractivity (Wildman–Crippen MR) is 129 cm³/mol. The van der Waals surface area contributed by atoms with Crippen molar-refractivity contribution in [3.8, 4) is 0 Å². The molecule has 4 nitrogen and oxygen atoms in total. The molecular formula is C24H26Cl3N3O. The molecule has 0 aromatic heterocycles. The first kappa shape index (κ1) is 22.4. The third kappa shape index (κ3) is 5.02. The summed E-state index contributed by atoms with van der Waals surface area (Å²) in [6.07, 6.45) is 6.86. The number of anilines is 1. The van der Waals surface area contributed by atoms with Crippen molar-refractivity contribution in [3.05, 3.63) is 63.1 Å². The number of hydrogen-bond donors (Lipinski definition) is 1. The van der Waals surface area contributed by atoms with Crippen LogP contribution >= 0.6 is 34.8 Å². The SMILES string of the molecule is CC1C(C(=O)NC2CCCCCC2)=NN(c2ccc(Cl)cc2Cl)C1c1ccc(Cl)cc1. The molecule has 2 aromatic rings. The molecule has 2 aromatic carbocycles. The van der Waals surface area contributed by atoms with E-state index in [0.717, 1.165) is 36.9 Å². The zero-order valence-corrected chi connectivity index (χ0v) is 19.7. The monoisotopic (exact) mass is 477 g/mol. The quantitative estimate of drug-likeness (QED) is 0.479. The molecule has 1 saturated carbocycles. The van der Waals surface area contributed by atoms with Crippen molar-refractivity contribution in [3.63, 3.8) is 0 Å². The average molecular weight is 479 g/mol. The number of rotatable bonds is 4. The first-order chi connectivity index (χ1) is 14.9. The molecule has 1 aliphatic carbocycles. The summed E-state index contributed by atoms with van der Waals surface area (Å²) in [7, 11) is 0. The van der Waals surface area contributed by atoms with Crippen molar-refractivity contribution >= 4 is 52.1 Å². The van der Waals surface area contributed by atoms with Gasteiger partial charge in [-0.3, -0.25) is 9.80 Å². The van der Waals surface area contributed by atoms with Crippen LogP contribution in [-0.2, 0) is 4.79 Å². The van der Waals surface area contributed by atoms with Crippen LogP contribution in [0.2, 0.25) is 15.1 Å². The summed E-state index contributed by atoms with van der Waals surface area (Å²) >= 11 is 18.7. The normalized spacial score (nSPS) is 22.2. The molecule has 1 aliphatic heterocycles. The zero-order chi connectivity index (χ0) is 22.0. The van der Waals surface area contributed by atoms with Gasteiger partial charge in [0.1, 0.15) is 5.71 Å². The van der Waals surface area contributed by atoms with Crippen molar-refractivity contribution in [1.29, 1.82) is 0 Å². The van der Waals surface area contributed by atoms with Crippen molar-refractivity contribution in [2.24, 2.45) is 11.0 Å². The fourth-order valence-corrected chi connectivity index (χ4v) is 5.15. The number of benzene rings is 2. The third-order valence-electron chi connectivity index (χ3n) is 6.17. The Labute approximate surface area is 198 Å². The van der Waals surface area contributed by atoms with Crippen LogP contribution in [0.25, 0.3) is 0 Å². The lowest BCUT2D eigenvalue weighted by Gasteiger charge is -2.27. The van der Waals surface area contributed by atoms with Crippen LogP contribution in [-0.4, -0.2) is 17.7 Å². The van der Waals surface area contributed by atoms with Crippen LogP contribution < -0.4 is 10.3 Å². The van der Waals surface area contributed by atoms with Crippen LogP contribution in [0.4, 0.5) is 5.69 Å². The molecule has 1 amide bonds. The highest BCUT2D eigenvalue weighted by Gasteiger charge is 2.40. The minimum Gasteiger partial charge on any atom is -0.348 e. The number of carbonyl (C=O) groups excluding carboxylic acids is 1. The van der Waals surface area contributed by atoms with E-state index in [2.05, 4.69) is 5.32 Å². The van der Waals surface area contributed by atoms with Gasteiger partial charge in [-0.1, -0.05) is 79.5 Å². The molecule has 31 heavy (non-hydrogen) atoms. The maximum atomic E-state index is 13.2. The second-order valence-corrected chi connectivity index (χ2v) is 9.65. The standard InChI is InChI=1S/C24H26Cl3N3O/c1-15-22(24(31)28-19-6-4-2-3-5-7-19)29-30(21-13-12-18(26)14-20(21)27)23(15)16-8-10-17(25)11-9-16/h8-15,19,23H,2-7H2,1H3,(H,28,31). The van der Waals surface area contributed by atoms with Crippen LogP contribution in [0, 0.1) is 5.92 Å². The highest BCUT2D eigenvalue weighted by molar-refractivity contribution is 6.41. The summed E-state index contributed by atoms with van der Waals surface area (Å²) in [6, 6.07) is 13.0. The summed E-state index contributed by atoms with van der Waals surface area (Å²) in [6.45, 7) is 2.04. The molecule has 7 heteroatoms. The fourth-order valence-electron chi connectivity index (χ4n) is 4.53. The molecule has 2 unspecified atom stereocenters. The molecule has 0 radical (unpaired) electrons.